The molecular formula is C64H43N5O. The van der Waals surface area contributed by atoms with Crippen LogP contribution in [0, 0.1) is 0 Å². The van der Waals surface area contributed by atoms with Crippen LogP contribution in [0.1, 0.15) is 29.7 Å². The standard InChI is InChI=1S/C64H43N5O/c1-39(46-28-16-29-50-48-25-14-15-30-56(48)68(60(46)50)45-22-6-3-7-23-45)66-64(67-63(65)41-18-4-2-5-19-41)44-32-34-59-54(36-44)55-38-58(49-26-12-13-27-52(49)62(55)70-59)69-57-37-43-21-9-8-20-42(43)35-53(57)51-33-31-40-17-10-11-24-47(40)61(51)69/h2-39H,1H3,(H2,65,66,67). The molecule has 0 saturated heterocycles. The molecule has 0 amide bonds. The summed E-state index contributed by atoms with van der Waals surface area (Å²) in [6.07, 6.45) is 0. The number of aromatic nitrogens is 2. The van der Waals surface area contributed by atoms with Crippen molar-refractivity contribution in [3.8, 4) is 11.4 Å². The zero-order valence-corrected chi connectivity index (χ0v) is 38.2. The van der Waals surface area contributed by atoms with Gasteiger partial charge in [-0.3, -0.25) is 4.99 Å². The summed E-state index contributed by atoms with van der Waals surface area (Å²) in [5.41, 5.74) is 18.0. The van der Waals surface area contributed by atoms with Crippen LogP contribution in [0.15, 0.2) is 239 Å². The number of fused-ring (bicyclic) bond motifs is 14. The number of rotatable bonds is 6. The van der Waals surface area contributed by atoms with Gasteiger partial charge in [-0.25, -0.2) is 4.99 Å². The van der Waals surface area contributed by atoms with Gasteiger partial charge in [-0.1, -0.05) is 170 Å². The summed E-state index contributed by atoms with van der Waals surface area (Å²) in [5, 5.41) is 13.7. The number of aliphatic imine (C=N–C) groups is 2. The van der Waals surface area contributed by atoms with E-state index in [0.29, 0.717) is 11.7 Å². The lowest BCUT2D eigenvalue weighted by Crippen LogP contribution is -2.16. The third-order valence-electron chi connectivity index (χ3n) is 14.3. The quantitative estimate of drug-likeness (QED) is 0.133. The van der Waals surface area contributed by atoms with E-state index in [4.69, 9.17) is 20.1 Å². The third-order valence-corrected chi connectivity index (χ3v) is 14.3. The summed E-state index contributed by atoms with van der Waals surface area (Å²) >= 11 is 0. The lowest BCUT2D eigenvalue weighted by Gasteiger charge is -2.15. The van der Waals surface area contributed by atoms with Crippen LogP contribution in [0.4, 0.5) is 0 Å². The van der Waals surface area contributed by atoms with Crippen molar-refractivity contribution >= 4 is 110 Å². The first kappa shape index (κ1) is 39.9. The second-order valence-electron chi connectivity index (χ2n) is 18.3. The molecule has 1 unspecified atom stereocenters. The molecule has 70 heavy (non-hydrogen) atoms. The van der Waals surface area contributed by atoms with Crippen molar-refractivity contribution in [2.45, 2.75) is 13.0 Å². The van der Waals surface area contributed by atoms with E-state index in [-0.39, 0.29) is 6.04 Å². The molecule has 0 radical (unpaired) electrons. The maximum absolute atomic E-state index is 6.92. The van der Waals surface area contributed by atoms with E-state index in [1.165, 1.54) is 48.6 Å². The van der Waals surface area contributed by atoms with Gasteiger partial charge in [-0.15, -0.1) is 0 Å². The predicted molar refractivity (Wildman–Crippen MR) is 293 cm³/mol. The lowest BCUT2D eigenvalue weighted by molar-refractivity contribution is 0.672. The summed E-state index contributed by atoms with van der Waals surface area (Å²) in [6.45, 7) is 2.15. The monoisotopic (exact) mass is 897 g/mol. The molecule has 0 aliphatic carbocycles. The number of nitrogens with two attached hydrogens (primary N) is 1. The Hall–Kier alpha value is -9.26. The highest BCUT2D eigenvalue weighted by atomic mass is 16.3. The van der Waals surface area contributed by atoms with Gasteiger partial charge in [0.1, 0.15) is 17.0 Å². The van der Waals surface area contributed by atoms with Crippen LogP contribution in [0.3, 0.4) is 0 Å². The molecule has 3 heterocycles. The van der Waals surface area contributed by atoms with Gasteiger partial charge >= 0.3 is 0 Å². The molecule has 14 aromatic rings. The van der Waals surface area contributed by atoms with Crippen LogP contribution in [0.2, 0.25) is 0 Å². The minimum absolute atomic E-state index is 0.314. The van der Waals surface area contributed by atoms with Gasteiger partial charge in [0.2, 0.25) is 0 Å². The molecule has 6 nitrogen and oxygen atoms in total. The van der Waals surface area contributed by atoms with Gasteiger partial charge < -0.3 is 19.3 Å². The number of hydrogen-bond acceptors (Lipinski definition) is 2. The number of benzene rings is 11. The van der Waals surface area contributed by atoms with Crippen LogP contribution in [-0.2, 0) is 0 Å². The molecular weight excluding hydrogens is 855 g/mol. The van der Waals surface area contributed by atoms with Gasteiger partial charge in [0.25, 0.3) is 0 Å². The first-order valence-corrected chi connectivity index (χ1v) is 23.8. The third kappa shape index (κ3) is 6.13. The van der Waals surface area contributed by atoms with Crippen LogP contribution >= 0.6 is 0 Å². The molecule has 330 valence electrons. The molecule has 0 fully saturated rings. The Labute approximate surface area is 402 Å². The smallest absolute Gasteiger partial charge is 0.157 e. The molecule has 0 spiro atoms. The first-order chi connectivity index (χ1) is 34.6. The van der Waals surface area contributed by atoms with Crippen LogP contribution in [0.5, 0.6) is 0 Å². The highest BCUT2D eigenvalue weighted by molar-refractivity contribution is 6.24. The topological polar surface area (TPSA) is 73.7 Å². The number of furan rings is 1. The number of amidine groups is 2. The van der Waals surface area contributed by atoms with E-state index in [9.17, 15) is 0 Å². The van der Waals surface area contributed by atoms with E-state index in [1.54, 1.807) is 0 Å². The molecule has 11 aromatic carbocycles. The summed E-state index contributed by atoms with van der Waals surface area (Å²) < 4.78 is 11.7. The van der Waals surface area contributed by atoms with Gasteiger partial charge in [0, 0.05) is 70.9 Å². The van der Waals surface area contributed by atoms with Gasteiger partial charge in [0.15, 0.2) is 5.84 Å². The molecule has 3 aromatic heterocycles. The fraction of sp³-hybridized carbons (Fsp3) is 0.0312. The SMILES string of the molecule is CC(N=C(N=C(N)c1ccccc1)c1ccc2oc3c4ccccc4c(-n4c5cc6ccccc6cc5c5ccc6ccccc6c54)cc3c2c1)c1cccc2c3ccccc3n(-c3ccccc3)c12. The van der Waals surface area contributed by atoms with E-state index in [2.05, 4.69) is 210 Å². The fourth-order valence-electron chi connectivity index (χ4n) is 11.1. The van der Waals surface area contributed by atoms with E-state index >= 15 is 0 Å². The normalized spacial score (nSPS) is 13.1. The Morgan fingerprint density at radius 3 is 1.91 bits per heavy atom. The first-order valence-electron chi connectivity index (χ1n) is 23.8. The maximum atomic E-state index is 6.92. The van der Waals surface area contributed by atoms with Crippen LogP contribution in [-0.4, -0.2) is 20.8 Å². The average Bonchev–Trinajstić information content (AvgIpc) is 4.07. The molecule has 0 bridgehead atoms. The van der Waals surface area contributed by atoms with Crippen molar-refractivity contribution in [2.24, 2.45) is 15.7 Å². The molecule has 0 aliphatic rings. The molecule has 14 rings (SSSR count). The zero-order valence-electron chi connectivity index (χ0n) is 38.2. The van der Waals surface area contributed by atoms with Crippen molar-refractivity contribution in [3.05, 3.63) is 241 Å². The van der Waals surface area contributed by atoms with Crippen LogP contribution < -0.4 is 5.73 Å². The minimum atomic E-state index is -0.314. The Balaban J connectivity index is 1.02. The largest absolute Gasteiger partial charge is 0.455 e. The number of para-hydroxylation sites is 3. The summed E-state index contributed by atoms with van der Waals surface area (Å²) in [4.78, 5) is 10.7. The maximum Gasteiger partial charge on any atom is 0.157 e. The molecule has 1 atom stereocenters. The second-order valence-corrected chi connectivity index (χ2v) is 18.3. The zero-order chi connectivity index (χ0) is 46.5. The lowest BCUT2D eigenvalue weighted by atomic mass is 10.0. The highest BCUT2D eigenvalue weighted by Gasteiger charge is 2.23. The van der Waals surface area contributed by atoms with Crippen molar-refractivity contribution in [3.63, 3.8) is 0 Å². The Morgan fingerprint density at radius 1 is 0.443 bits per heavy atom. The average molecular weight is 898 g/mol. The van der Waals surface area contributed by atoms with Crippen molar-refractivity contribution in [1.29, 1.82) is 0 Å². The minimum Gasteiger partial charge on any atom is -0.455 e. The summed E-state index contributed by atoms with van der Waals surface area (Å²) in [6, 6.07) is 79.2. The molecule has 6 heteroatoms. The highest BCUT2D eigenvalue weighted by Crippen LogP contribution is 2.44. The van der Waals surface area contributed by atoms with E-state index in [0.717, 1.165) is 77.3 Å². The second kappa shape index (κ2) is 15.7. The van der Waals surface area contributed by atoms with Crippen molar-refractivity contribution in [1.82, 2.24) is 9.13 Å². The fourth-order valence-corrected chi connectivity index (χ4v) is 11.1. The van der Waals surface area contributed by atoms with Gasteiger partial charge in [0.05, 0.1) is 33.8 Å². The summed E-state index contributed by atoms with van der Waals surface area (Å²) in [7, 11) is 0. The molecule has 0 aliphatic heterocycles. The van der Waals surface area contributed by atoms with Crippen molar-refractivity contribution < 1.29 is 4.42 Å². The van der Waals surface area contributed by atoms with E-state index in [1.807, 2.05) is 30.3 Å². The predicted octanol–water partition coefficient (Wildman–Crippen LogP) is 16.2. The van der Waals surface area contributed by atoms with E-state index < -0.39 is 0 Å². The Kier molecular flexibility index (Phi) is 8.92. The van der Waals surface area contributed by atoms with Gasteiger partial charge in [-0.05, 0) is 77.7 Å². The number of nitrogens with zero attached hydrogens (tertiary/aromatic N) is 4. The number of hydrogen-bond donors (Lipinski definition) is 1. The molecule has 2 N–H and O–H groups in total. The van der Waals surface area contributed by atoms with Gasteiger partial charge in [-0.2, -0.15) is 0 Å². The summed E-state index contributed by atoms with van der Waals surface area (Å²) in [5.74, 6) is 0.922. The Bertz CT molecular complexity index is 4500. The van der Waals surface area contributed by atoms with Crippen LogP contribution in [0.25, 0.3) is 109 Å². The van der Waals surface area contributed by atoms with Crippen molar-refractivity contribution in [2.75, 3.05) is 0 Å². The molecule has 0 saturated carbocycles. The Morgan fingerprint density at radius 2 is 1.10 bits per heavy atom.